The monoisotopic (exact) mass is 250 g/mol. The minimum absolute atomic E-state index is 0.376. The second-order valence-corrected chi connectivity index (χ2v) is 4.69. The number of nitrogens with zero attached hydrogens (tertiary/aromatic N) is 2. The Labute approximate surface area is 109 Å². The molecule has 0 unspecified atom stereocenters. The highest BCUT2D eigenvalue weighted by Gasteiger charge is 2.20. The topological polar surface area (TPSA) is 34.6 Å². The zero-order valence-electron chi connectivity index (χ0n) is 11.3. The first-order valence-electron chi connectivity index (χ1n) is 6.59. The molecular formula is C14H22N2O2. The molecule has 0 bridgehead atoms. The Bertz CT molecular complexity index is 363. The van der Waals surface area contributed by atoms with Gasteiger partial charge in [0.2, 0.25) is 0 Å². The van der Waals surface area contributed by atoms with Gasteiger partial charge in [-0.15, -0.1) is 0 Å². The number of anilines is 1. The van der Waals surface area contributed by atoms with E-state index in [1.807, 2.05) is 13.0 Å². The minimum Gasteiger partial charge on any atom is -0.382 e. The van der Waals surface area contributed by atoms with Gasteiger partial charge in [-0.25, -0.2) is 4.98 Å². The molecule has 0 N–H and O–H groups in total. The maximum absolute atomic E-state index is 5.76. The molecule has 2 heterocycles. The van der Waals surface area contributed by atoms with Crippen LogP contribution in [-0.2, 0) is 9.47 Å². The summed E-state index contributed by atoms with van der Waals surface area (Å²) < 4.78 is 10.8. The maximum Gasteiger partial charge on any atom is 0.128 e. The van der Waals surface area contributed by atoms with Gasteiger partial charge in [0.1, 0.15) is 5.82 Å². The zero-order valence-corrected chi connectivity index (χ0v) is 11.3. The van der Waals surface area contributed by atoms with Crippen molar-refractivity contribution < 1.29 is 9.47 Å². The van der Waals surface area contributed by atoms with Crippen LogP contribution in [0.25, 0.3) is 0 Å². The Kier molecular flexibility index (Phi) is 4.96. The van der Waals surface area contributed by atoms with Crippen LogP contribution in [0.5, 0.6) is 0 Å². The first-order chi connectivity index (χ1) is 8.79. The molecule has 0 atom stereocenters. The van der Waals surface area contributed by atoms with E-state index in [0.29, 0.717) is 19.3 Å². The van der Waals surface area contributed by atoms with Crippen LogP contribution in [-0.4, -0.2) is 44.5 Å². The first-order valence-corrected chi connectivity index (χ1v) is 6.59. The lowest BCUT2D eigenvalue weighted by molar-refractivity contribution is 0.00604. The largest absolute Gasteiger partial charge is 0.382 e. The molecule has 1 aliphatic heterocycles. The van der Waals surface area contributed by atoms with Gasteiger partial charge in [0.15, 0.2) is 0 Å². The molecule has 1 fully saturated rings. The average Bonchev–Trinajstić information content (AvgIpc) is 2.40. The Balaban J connectivity index is 1.79. The van der Waals surface area contributed by atoms with Crippen molar-refractivity contribution in [1.29, 1.82) is 0 Å². The number of ether oxygens (including phenoxy) is 2. The van der Waals surface area contributed by atoms with Crippen LogP contribution in [0.2, 0.25) is 0 Å². The van der Waals surface area contributed by atoms with Crippen LogP contribution in [0.4, 0.5) is 5.82 Å². The van der Waals surface area contributed by atoms with Crippen LogP contribution in [0.1, 0.15) is 18.5 Å². The molecule has 1 aromatic heterocycles. The summed E-state index contributed by atoms with van der Waals surface area (Å²) in [5.41, 5.74) is 1.07. The van der Waals surface area contributed by atoms with Gasteiger partial charge < -0.3 is 14.4 Å². The number of aryl methyl sites for hydroxylation is 1. The van der Waals surface area contributed by atoms with Gasteiger partial charge in [0.25, 0.3) is 0 Å². The number of aromatic nitrogens is 1. The van der Waals surface area contributed by atoms with E-state index in [0.717, 1.165) is 37.4 Å². The summed E-state index contributed by atoms with van der Waals surface area (Å²) in [5, 5.41) is 0. The van der Waals surface area contributed by atoms with Crippen molar-refractivity contribution >= 4 is 5.82 Å². The lowest BCUT2D eigenvalue weighted by atomic mass is 10.1. The fourth-order valence-electron chi connectivity index (χ4n) is 2.25. The van der Waals surface area contributed by atoms with E-state index in [1.165, 1.54) is 0 Å². The van der Waals surface area contributed by atoms with Crippen molar-refractivity contribution in [1.82, 2.24) is 4.98 Å². The highest BCUT2D eigenvalue weighted by molar-refractivity contribution is 5.39. The first kappa shape index (κ1) is 13.3. The van der Waals surface area contributed by atoms with E-state index in [4.69, 9.17) is 9.47 Å². The molecule has 0 saturated carbocycles. The number of piperidine rings is 1. The highest BCUT2D eigenvalue weighted by Crippen LogP contribution is 2.19. The third-order valence-electron chi connectivity index (χ3n) is 3.28. The van der Waals surface area contributed by atoms with Crippen molar-refractivity contribution in [3.8, 4) is 0 Å². The van der Waals surface area contributed by atoms with Gasteiger partial charge in [0.05, 0.1) is 19.3 Å². The molecule has 4 heteroatoms. The Morgan fingerprint density at radius 2 is 2.06 bits per heavy atom. The molecule has 0 aliphatic carbocycles. The van der Waals surface area contributed by atoms with E-state index in [2.05, 4.69) is 22.0 Å². The molecule has 0 amide bonds. The van der Waals surface area contributed by atoms with Gasteiger partial charge in [-0.3, -0.25) is 0 Å². The quantitative estimate of drug-likeness (QED) is 0.749. The summed E-state index contributed by atoms with van der Waals surface area (Å²) in [7, 11) is 1.70. The zero-order chi connectivity index (χ0) is 12.8. The number of hydrogen-bond acceptors (Lipinski definition) is 4. The maximum atomic E-state index is 5.76. The van der Waals surface area contributed by atoms with Crippen molar-refractivity contribution in [3.05, 3.63) is 23.9 Å². The van der Waals surface area contributed by atoms with E-state index in [-0.39, 0.29) is 0 Å². The second kappa shape index (κ2) is 6.71. The van der Waals surface area contributed by atoms with E-state index in [9.17, 15) is 0 Å². The molecule has 1 saturated heterocycles. The van der Waals surface area contributed by atoms with Crippen LogP contribution in [0.3, 0.4) is 0 Å². The fourth-order valence-corrected chi connectivity index (χ4v) is 2.25. The molecule has 4 nitrogen and oxygen atoms in total. The SMILES string of the molecule is COCCOC1CCN(c2cccc(C)n2)CC1. The van der Waals surface area contributed by atoms with Crippen LogP contribution < -0.4 is 4.90 Å². The average molecular weight is 250 g/mol. The predicted octanol–water partition coefficient (Wildman–Crippen LogP) is 2.02. The summed E-state index contributed by atoms with van der Waals surface area (Å²) in [6.07, 6.45) is 2.51. The molecule has 0 spiro atoms. The Morgan fingerprint density at radius 3 is 2.72 bits per heavy atom. The lowest BCUT2D eigenvalue weighted by Crippen LogP contribution is -2.37. The van der Waals surface area contributed by atoms with Gasteiger partial charge in [-0.05, 0) is 31.9 Å². The molecule has 1 aliphatic rings. The number of hydrogen-bond donors (Lipinski definition) is 0. The van der Waals surface area contributed by atoms with E-state index >= 15 is 0 Å². The van der Waals surface area contributed by atoms with Crippen molar-refractivity contribution in [2.75, 3.05) is 38.3 Å². The molecule has 1 aromatic rings. The molecule has 0 aromatic carbocycles. The number of pyridine rings is 1. The fraction of sp³-hybridized carbons (Fsp3) is 0.643. The van der Waals surface area contributed by atoms with Gasteiger partial charge in [-0.1, -0.05) is 6.07 Å². The summed E-state index contributed by atoms with van der Waals surface area (Å²) in [4.78, 5) is 6.90. The Morgan fingerprint density at radius 1 is 1.28 bits per heavy atom. The van der Waals surface area contributed by atoms with Gasteiger partial charge in [-0.2, -0.15) is 0 Å². The third kappa shape index (κ3) is 3.68. The third-order valence-corrected chi connectivity index (χ3v) is 3.28. The van der Waals surface area contributed by atoms with Gasteiger partial charge in [0, 0.05) is 25.9 Å². The van der Waals surface area contributed by atoms with Crippen molar-refractivity contribution in [3.63, 3.8) is 0 Å². The summed E-state index contributed by atoms with van der Waals surface area (Å²) in [6.45, 7) is 5.45. The number of rotatable bonds is 5. The lowest BCUT2D eigenvalue weighted by Gasteiger charge is -2.32. The van der Waals surface area contributed by atoms with Crippen molar-refractivity contribution in [2.24, 2.45) is 0 Å². The molecule has 100 valence electrons. The molecule has 0 radical (unpaired) electrons. The van der Waals surface area contributed by atoms with E-state index < -0.39 is 0 Å². The van der Waals surface area contributed by atoms with Crippen molar-refractivity contribution in [2.45, 2.75) is 25.9 Å². The molecule has 2 rings (SSSR count). The standard InChI is InChI=1S/C14H22N2O2/c1-12-4-3-5-14(15-12)16-8-6-13(7-9-16)18-11-10-17-2/h3-5,13H,6-11H2,1-2H3. The molecule has 18 heavy (non-hydrogen) atoms. The predicted molar refractivity (Wildman–Crippen MR) is 72.0 cm³/mol. The normalized spacial score (nSPS) is 17.1. The summed E-state index contributed by atoms with van der Waals surface area (Å²) >= 11 is 0. The Hall–Kier alpha value is -1.13. The molecular weight excluding hydrogens is 228 g/mol. The van der Waals surface area contributed by atoms with Crippen LogP contribution in [0, 0.1) is 6.92 Å². The smallest absolute Gasteiger partial charge is 0.128 e. The number of methoxy groups -OCH3 is 1. The van der Waals surface area contributed by atoms with Crippen LogP contribution >= 0.6 is 0 Å². The van der Waals surface area contributed by atoms with Gasteiger partial charge >= 0.3 is 0 Å². The summed E-state index contributed by atoms with van der Waals surface area (Å²) in [5.74, 6) is 1.09. The second-order valence-electron chi connectivity index (χ2n) is 4.69. The minimum atomic E-state index is 0.376. The summed E-state index contributed by atoms with van der Waals surface area (Å²) in [6, 6.07) is 6.18. The van der Waals surface area contributed by atoms with E-state index in [1.54, 1.807) is 7.11 Å². The van der Waals surface area contributed by atoms with Crippen LogP contribution in [0.15, 0.2) is 18.2 Å². The highest BCUT2D eigenvalue weighted by atomic mass is 16.5.